The Morgan fingerprint density at radius 3 is 0.690 bits per heavy atom. The fourth-order valence-electron chi connectivity index (χ4n) is 7.23. The summed E-state index contributed by atoms with van der Waals surface area (Å²) in [6.07, 6.45) is 0. The Bertz CT molecular complexity index is 1460. The molecule has 6 aromatic carbocycles. The van der Waals surface area contributed by atoms with E-state index in [9.17, 15) is 0 Å². The van der Waals surface area contributed by atoms with E-state index in [1.54, 1.807) is 0 Å². The highest BCUT2D eigenvalue weighted by Crippen LogP contribution is 2.45. The summed E-state index contributed by atoms with van der Waals surface area (Å²) in [4.78, 5) is 0. The average molecular weight is 575 g/mol. The van der Waals surface area contributed by atoms with Gasteiger partial charge in [-0.15, -0.1) is 0 Å². The molecule has 0 heterocycles. The molecule has 2 heteroatoms. The quantitative estimate of drug-likeness (QED) is 0.158. The Kier molecular flexibility index (Phi) is 8.18. The van der Waals surface area contributed by atoms with Crippen LogP contribution in [0.2, 0.25) is 13.1 Å². The molecule has 206 valence electrons. The zero-order chi connectivity index (χ0) is 28.8. The van der Waals surface area contributed by atoms with Crippen molar-refractivity contribution in [3.8, 4) is 0 Å². The maximum absolute atomic E-state index is 2.62. The van der Waals surface area contributed by atoms with Crippen molar-refractivity contribution in [3.05, 3.63) is 193 Å². The van der Waals surface area contributed by atoms with Crippen LogP contribution in [0.5, 0.6) is 0 Å². The molecule has 0 fully saturated rings. The van der Waals surface area contributed by atoms with Gasteiger partial charge in [0.05, 0.1) is 0 Å². The minimum Gasteiger partial charge on any atom is -0.0626 e. The summed E-state index contributed by atoms with van der Waals surface area (Å²) in [5.41, 5.74) is 3.42. The first-order chi connectivity index (χ1) is 20.6. The van der Waals surface area contributed by atoms with Crippen molar-refractivity contribution in [2.75, 3.05) is 0 Å². The predicted octanol–water partition coefficient (Wildman–Crippen LogP) is 7.42. The molecule has 0 aliphatic rings. The molecule has 0 aliphatic heterocycles. The Hall–Kier alpha value is -4.25. The lowest BCUT2D eigenvalue weighted by Gasteiger charge is -2.49. The van der Waals surface area contributed by atoms with Crippen LogP contribution >= 0.6 is 0 Å². The van der Waals surface area contributed by atoms with E-state index < -0.39 is 16.1 Å². The van der Waals surface area contributed by atoms with Gasteiger partial charge in [0, 0.05) is 0 Å². The van der Waals surface area contributed by atoms with Crippen LogP contribution < -0.4 is 20.7 Å². The summed E-state index contributed by atoms with van der Waals surface area (Å²) in [5.74, 6) is 0. The first-order valence-electron chi connectivity index (χ1n) is 15.0. The molecule has 0 aliphatic carbocycles. The number of hydrogen-bond acceptors (Lipinski definition) is 0. The lowest BCUT2D eigenvalue weighted by Crippen LogP contribution is -2.69. The Morgan fingerprint density at radius 1 is 0.286 bits per heavy atom. The van der Waals surface area contributed by atoms with Gasteiger partial charge in [0.2, 0.25) is 0 Å². The summed E-state index contributed by atoms with van der Waals surface area (Å²) in [5, 5.41) is 5.90. The number of benzene rings is 6. The fraction of sp³-hybridized carbons (Fsp3) is 0.100. The van der Waals surface area contributed by atoms with Crippen LogP contribution in [0.4, 0.5) is 0 Å². The van der Waals surface area contributed by atoms with Crippen LogP contribution in [-0.2, 0) is 0 Å². The third-order valence-corrected chi connectivity index (χ3v) is 19.7. The molecule has 0 radical (unpaired) electrons. The van der Waals surface area contributed by atoms with E-state index in [1.807, 2.05) is 0 Å². The monoisotopic (exact) mass is 574 g/mol. The van der Waals surface area contributed by atoms with Gasteiger partial charge in [-0.25, -0.2) is 0 Å². The van der Waals surface area contributed by atoms with Crippen LogP contribution in [0.1, 0.15) is 22.2 Å². The number of rotatable bonds is 9. The van der Waals surface area contributed by atoms with Gasteiger partial charge in [0.25, 0.3) is 0 Å². The molecular weight excluding hydrogens is 537 g/mol. The Labute approximate surface area is 253 Å². The maximum atomic E-state index is 2.62. The van der Waals surface area contributed by atoms with Gasteiger partial charge in [-0.1, -0.05) is 216 Å². The highest BCUT2D eigenvalue weighted by atomic mass is 28.3. The third-order valence-electron chi connectivity index (χ3n) is 9.39. The predicted molar refractivity (Wildman–Crippen MR) is 186 cm³/mol. The van der Waals surface area contributed by atoms with Gasteiger partial charge in [0.1, 0.15) is 16.1 Å². The Morgan fingerprint density at radius 2 is 0.476 bits per heavy atom. The lowest BCUT2D eigenvalue weighted by molar-refractivity contribution is 0.826. The van der Waals surface area contributed by atoms with Crippen molar-refractivity contribution in [1.29, 1.82) is 0 Å². The van der Waals surface area contributed by atoms with E-state index in [1.165, 1.54) is 31.9 Å². The van der Waals surface area contributed by atoms with E-state index in [0.717, 1.165) is 0 Å². The minimum absolute atomic E-state index is 0.281. The molecule has 0 N–H and O–H groups in total. The van der Waals surface area contributed by atoms with Gasteiger partial charge >= 0.3 is 0 Å². The second-order valence-electron chi connectivity index (χ2n) is 11.6. The van der Waals surface area contributed by atoms with Crippen molar-refractivity contribution >= 4 is 36.9 Å². The molecule has 0 spiro atoms. The zero-order valence-corrected chi connectivity index (χ0v) is 26.5. The fourth-order valence-corrected chi connectivity index (χ4v) is 18.3. The number of hydrogen-bond donors (Lipinski definition) is 0. The highest BCUT2D eigenvalue weighted by Gasteiger charge is 2.53. The van der Waals surface area contributed by atoms with Gasteiger partial charge in [-0.05, 0) is 22.2 Å². The largest absolute Gasteiger partial charge is 0.122 e. The lowest BCUT2D eigenvalue weighted by atomic mass is 10.0. The Balaban J connectivity index is 1.75. The summed E-state index contributed by atoms with van der Waals surface area (Å²) in [7, 11) is -4.92. The van der Waals surface area contributed by atoms with Gasteiger partial charge in [-0.2, -0.15) is 0 Å². The second kappa shape index (κ2) is 12.3. The topological polar surface area (TPSA) is 0 Å². The van der Waals surface area contributed by atoms with Crippen molar-refractivity contribution < 1.29 is 0 Å². The molecule has 6 rings (SSSR count). The van der Waals surface area contributed by atoms with Crippen molar-refractivity contribution in [3.63, 3.8) is 0 Å². The molecule has 6 aromatic rings. The first kappa shape index (κ1) is 27.9. The average Bonchev–Trinajstić information content (AvgIpc) is 3.09. The van der Waals surface area contributed by atoms with Crippen LogP contribution in [0.3, 0.4) is 0 Å². The highest BCUT2D eigenvalue weighted by molar-refractivity contribution is 7.07. The van der Waals surface area contributed by atoms with Crippen molar-refractivity contribution in [2.24, 2.45) is 0 Å². The molecule has 0 bridgehead atoms. The van der Waals surface area contributed by atoms with Gasteiger partial charge in [0.15, 0.2) is 0 Å². The van der Waals surface area contributed by atoms with Crippen LogP contribution in [-0.4, -0.2) is 16.1 Å². The standard InChI is InChI=1S/C40H38Si2/c1-41(35-25-13-5-14-26-35,36-27-15-6-16-28-36)39(33-21-9-3-10-22-33)40(34-23-11-4-12-24-34)42(2,37-29-17-7-18-30-37)38-31-19-8-20-32-38/h3-32,39-40H,1-2H3. The van der Waals surface area contributed by atoms with E-state index >= 15 is 0 Å². The van der Waals surface area contributed by atoms with Crippen molar-refractivity contribution in [1.82, 2.24) is 0 Å². The molecule has 0 saturated heterocycles. The third kappa shape index (κ3) is 5.13. The second-order valence-corrected chi connectivity index (χ2v) is 20.0. The van der Waals surface area contributed by atoms with Crippen molar-refractivity contribution in [2.45, 2.75) is 24.2 Å². The van der Waals surface area contributed by atoms with Crippen LogP contribution in [0.25, 0.3) is 0 Å². The van der Waals surface area contributed by atoms with Crippen LogP contribution in [0, 0.1) is 0 Å². The summed E-state index contributed by atoms with van der Waals surface area (Å²) in [6.45, 7) is 5.24. The van der Waals surface area contributed by atoms with E-state index in [2.05, 4.69) is 195 Å². The minimum atomic E-state index is -2.46. The van der Waals surface area contributed by atoms with Crippen LogP contribution in [0.15, 0.2) is 182 Å². The summed E-state index contributed by atoms with van der Waals surface area (Å²) in [6, 6.07) is 68.4. The molecule has 2 unspecified atom stereocenters. The summed E-state index contributed by atoms with van der Waals surface area (Å²) < 4.78 is 0. The molecule has 0 saturated carbocycles. The summed E-state index contributed by atoms with van der Waals surface area (Å²) >= 11 is 0. The normalized spacial score (nSPS) is 13.3. The van der Waals surface area contributed by atoms with Gasteiger partial charge < -0.3 is 0 Å². The molecule has 2 atom stereocenters. The first-order valence-corrected chi connectivity index (χ1v) is 20.1. The van der Waals surface area contributed by atoms with E-state index in [0.29, 0.717) is 0 Å². The smallest absolute Gasteiger partial charge is 0.0626 e. The maximum Gasteiger partial charge on any atom is 0.122 e. The molecule has 0 aromatic heterocycles. The molecule has 0 nitrogen and oxygen atoms in total. The molecular formula is C40H38Si2. The zero-order valence-electron chi connectivity index (χ0n) is 24.5. The van der Waals surface area contributed by atoms with Gasteiger partial charge in [-0.3, -0.25) is 0 Å². The molecule has 0 amide bonds. The SMILES string of the molecule is C[Si](c1ccccc1)(c1ccccc1)C(c1ccccc1)C(c1ccccc1)[Si](C)(c1ccccc1)c1ccccc1. The van der Waals surface area contributed by atoms with E-state index in [-0.39, 0.29) is 11.1 Å². The van der Waals surface area contributed by atoms with E-state index in [4.69, 9.17) is 0 Å². The molecule has 42 heavy (non-hydrogen) atoms.